The average Bonchev–Trinajstić information content (AvgIpc) is 2.54. The number of nitrogens with zero attached hydrogens (tertiary/aromatic N) is 2. The van der Waals surface area contributed by atoms with Gasteiger partial charge in [0.05, 0.1) is 17.4 Å². The van der Waals surface area contributed by atoms with Gasteiger partial charge in [0.25, 0.3) is 0 Å². The largest absolute Gasteiger partial charge is 0.478 e. The van der Waals surface area contributed by atoms with Crippen LogP contribution in [-0.4, -0.2) is 28.5 Å². The Morgan fingerprint density at radius 2 is 2.12 bits per heavy atom. The molecule has 0 bridgehead atoms. The van der Waals surface area contributed by atoms with E-state index in [0.717, 1.165) is 19.3 Å². The molecule has 1 fully saturated rings. The van der Waals surface area contributed by atoms with Gasteiger partial charge in [-0.2, -0.15) is 0 Å². The number of anilines is 1. The first-order chi connectivity index (χ1) is 8.18. The van der Waals surface area contributed by atoms with E-state index >= 15 is 0 Å². The number of carbonyl (C=O) groups excluding carboxylic acids is 1. The number of rotatable bonds is 2. The zero-order chi connectivity index (χ0) is 12.3. The van der Waals surface area contributed by atoms with Gasteiger partial charge in [0.1, 0.15) is 0 Å². The Morgan fingerprint density at radius 1 is 1.29 bits per heavy atom. The number of amides is 1. The van der Waals surface area contributed by atoms with Gasteiger partial charge in [-0.3, -0.25) is 9.78 Å². The van der Waals surface area contributed by atoms with Crippen molar-refractivity contribution in [3.05, 3.63) is 24.0 Å². The molecule has 90 valence electrons. The average molecular weight is 234 g/mol. The minimum atomic E-state index is -1.03. The van der Waals surface area contributed by atoms with Crippen LogP contribution in [0.4, 0.5) is 5.69 Å². The number of carbonyl (C=O) groups is 2. The summed E-state index contributed by atoms with van der Waals surface area (Å²) in [5.74, 6) is -0.978. The van der Waals surface area contributed by atoms with Crippen LogP contribution in [0.25, 0.3) is 0 Å². The summed E-state index contributed by atoms with van der Waals surface area (Å²) in [6, 6.07) is 1.50. The lowest BCUT2D eigenvalue weighted by atomic mass is 10.2. The first-order valence-electron chi connectivity index (χ1n) is 5.67. The van der Waals surface area contributed by atoms with Crippen LogP contribution in [0.5, 0.6) is 0 Å². The fourth-order valence-corrected chi connectivity index (χ4v) is 1.95. The van der Waals surface area contributed by atoms with E-state index in [9.17, 15) is 9.59 Å². The summed E-state index contributed by atoms with van der Waals surface area (Å²) in [5, 5.41) is 8.89. The topological polar surface area (TPSA) is 70.5 Å². The number of pyridine rings is 1. The van der Waals surface area contributed by atoms with E-state index in [1.807, 2.05) is 0 Å². The van der Waals surface area contributed by atoms with Gasteiger partial charge in [-0.05, 0) is 18.9 Å². The van der Waals surface area contributed by atoms with Crippen molar-refractivity contribution in [3.63, 3.8) is 0 Å². The molecule has 0 aliphatic carbocycles. The molecular formula is C12H14N2O3. The molecule has 1 aliphatic rings. The highest BCUT2D eigenvalue weighted by Gasteiger charge is 2.19. The highest BCUT2D eigenvalue weighted by molar-refractivity contribution is 5.95. The summed E-state index contributed by atoms with van der Waals surface area (Å²) in [5.41, 5.74) is 0.691. The van der Waals surface area contributed by atoms with Crippen LogP contribution in [0.1, 0.15) is 36.0 Å². The van der Waals surface area contributed by atoms with Crippen LogP contribution in [0, 0.1) is 0 Å². The van der Waals surface area contributed by atoms with Crippen molar-refractivity contribution in [2.24, 2.45) is 0 Å². The summed E-state index contributed by atoms with van der Waals surface area (Å²) in [4.78, 5) is 28.2. The number of aromatic carboxylic acids is 1. The Hall–Kier alpha value is -1.91. The summed E-state index contributed by atoms with van der Waals surface area (Å²) in [7, 11) is 0. The first kappa shape index (κ1) is 11.6. The molecule has 0 saturated carbocycles. The van der Waals surface area contributed by atoms with Crippen molar-refractivity contribution in [1.82, 2.24) is 4.98 Å². The molecule has 0 unspecified atom stereocenters. The van der Waals surface area contributed by atoms with Gasteiger partial charge in [-0.1, -0.05) is 6.42 Å². The van der Waals surface area contributed by atoms with E-state index < -0.39 is 5.97 Å². The quantitative estimate of drug-likeness (QED) is 0.845. The zero-order valence-corrected chi connectivity index (χ0v) is 9.43. The molecule has 1 aliphatic heterocycles. The van der Waals surface area contributed by atoms with E-state index in [-0.39, 0.29) is 11.5 Å². The fourth-order valence-electron chi connectivity index (χ4n) is 1.95. The van der Waals surface area contributed by atoms with Crippen molar-refractivity contribution >= 4 is 17.6 Å². The zero-order valence-electron chi connectivity index (χ0n) is 9.43. The summed E-state index contributed by atoms with van der Waals surface area (Å²) >= 11 is 0. The molecule has 1 saturated heterocycles. The van der Waals surface area contributed by atoms with Crippen molar-refractivity contribution in [1.29, 1.82) is 0 Å². The summed E-state index contributed by atoms with van der Waals surface area (Å²) in [6.07, 6.45) is 6.24. The van der Waals surface area contributed by atoms with E-state index in [2.05, 4.69) is 4.98 Å². The second-order valence-electron chi connectivity index (χ2n) is 4.09. The maximum atomic E-state index is 11.8. The van der Waals surface area contributed by atoms with Crippen LogP contribution in [-0.2, 0) is 4.79 Å². The van der Waals surface area contributed by atoms with Crippen molar-refractivity contribution < 1.29 is 14.7 Å². The third kappa shape index (κ3) is 2.61. The van der Waals surface area contributed by atoms with E-state index in [1.165, 1.54) is 18.5 Å². The molecule has 17 heavy (non-hydrogen) atoms. The van der Waals surface area contributed by atoms with Crippen LogP contribution < -0.4 is 4.90 Å². The van der Waals surface area contributed by atoms with E-state index in [0.29, 0.717) is 18.7 Å². The number of carboxylic acid groups (broad SMARTS) is 1. The smallest absolute Gasteiger partial charge is 0.337 e. The molecule has 1 N–H and O–H groups in total. The standard InChI is InChI=1S/C12H14N2O3/c15-11-4-2-1-3-5-14(11)10-6-9(12(16)17)7-13-8-10/h6-8H,1-5H2,(H,16,17). The minimum absolute atomic E-state index is 0.0480. The molecule has 1 amide bonds. The summed E-state index contributed by atoms with van der Waals surface area (Å²) < 4.78 is 0. The predicted molar refractivity (Wildman–Crippen MR) is 62.0 cm³/mol. The number of carboxylic acids is 1. The lowest BCUT2D eigenvalue weighted by molar-refractivity contribution is -0.118. The molecule has 0 aromatic carbocycles. The van der Waals surface area contributed by atoms with Crippen LogP contribution in [0.15, 0.2) is 18.5 Å². The lowest BCUT2D eigenvalue weighted by Crippen LogP contribution is -2.30. The Labute approximate surface area is 99.1 Å². The Morgan fingerprint density at radius 3 is 2.88 bits per heavy atom. The minimum Gasteiger partial charge on any atom is -0.478 e. The molecule has 1 aromatic heterocycles. The van der Waals surface area contributed by atoms with Gasteiger partial charge in [0, 0.05) is 19.2 Å². The molecule has 5 heteroatoms. The Kier molecular flexibility index (Phi) is 3.37. The Bertz CT molecular complexity index is 445. The fraction of sp³-hybridized carbons (Fsp3) is 0.417. The lowest BCUT2D eigenvalue weighted by Gasteiger charge is -2.20. The molecule has 0 radical (unpaired) electrons. The van der Waals surface area contributed by atoms with Crippen LogP contribution in [0.2, 0.25) is 0 Å². The third-order valence-electron chi connectivity index (χ3n) is 2.86. The number of aromatic nitrogens is 1. The van der Waals surface area contributed by atoms with E-state index in [4.69, 9.17) is 5.11 Å². The van der Waals surface area contributed by atoms with Crippen LogP contribution >= 0.6 is 0 Å². The third-order valence-corrected chi connectivity index (χ3v) is 2.86. The second-order valence-corrected chi connectivity index (χ2v) is 4.09. The predicted octanol–water partition coefficient (Wildman–Crippen LogP) is 1.69. The highest BCUT2D eigenvalue weighted by atomic mass is 16.4. The summed E-state index contributed by atoms with van der Waals surface area (Å²) in [6.45, 7) is 0.642. The Balaban J connectivity index is 2.28. The molecule has 5 nitrogen and oxygen atoms in total. The highest BCUT2D eigenvalue weighted by Crippen LogP contribution is 2.20. The normalized spacial score (nSPS) is 16.7. The molecule has 2 heterocycles. The van der Waals surface area contributed by atoms with Crippen molar-refractivity contribution in [2.75, 3.05) is 11.4 Å². The van der Waals surface area contributed by atoms with E-state index in [1.54, 1.807) is 4.90 Å². The van der Waals surface area contributed by atoms with Gasteiger partial charge in [0.15, 0.2) is 0 Å². The molecule has 0 atom stereocenters. The maximum absolute atomic E-state index is 11.8. The molecule has 1 aromatic rings. The SMILES string of the molecule is O=C(O)c1cncc(N2CCCCCC2=O)c1. The molecule has 2 rings (SSSR count). The van der Waals surface area contributed by atoms with Gasteiger partial charge < -0.3 is 10.0 Å². The maximum Gasteiger partial charge on any atom is 0.337 e. The van der Waals surface area contributed by atoms with Gasteiger partial charge in [-0.15, -0.1) is 0 Å². The monoisotopic (exact) mass is 234 g/mol. The van der Waals surface area contributed by atoms with Crippen LogP contribution in [0.3, 0.4) is 0 Å². The first-order valence-corrected chi connectivity index (χ1v) is 5.67. The number of hydrogen-bond acceptors (Lipinski definition) is 3. The van der Waals surface area contributed by atoms with Gasteiger partial charge >= 0.3 is 5.97 Å². The molecule has 0 spiro atoms. The molecular weight excluding hydrogens is 220 g/mol. The van der Waals surface area contributed by atoms with Gasteiger partial charge in [-0.25, -0.2) is 4.79 Å². The van der Waals surface area contributed by atoms with Crippen molar-refractivity contribution in [3.8, 4) is 0 Å². The van der Waals surface area contributed by atoms with Gasteiger partial charge in [0.2, 0.25) is 5.91 Å². The number of hydrogen-bond donors (Lipinski definition) is 1. The second kappa shape index (κ2) is 4.95. The van der Waals surface area contributed by atoms with Crippen molar-refractivity contribution in [2.45, 2.75) is 25.7 Å².